The van der Waals surface area contributed by atoms with Crippen LogP contribution in [-0.2, 0) is 9.47 Å². The molecule has 0 aromatic carbocycles. The Hall–Kier alpha value is -0.120. The Morgan fingerprint density at radius 1 is 1.50 bits per heavy atom. The van der Waals surface area contributed by atoms with Gasteiger partial charge in [0.1, 0.15) is 0 Å². The first-order chi connectivity index (χ1) is 7.60. The molecule has 0 radical (unpaired) electrons. The van der Waals surface area contributed by atoms with Crippen molar-refractivity contribution in [1.29, 1.82) is 0 Å². The van der Waals surface area contributed by atoms with Crippen LogP contribution in [0.3, 0.4) is 0 Å². The third-order valence-corrected chi connectivity index (χ3v) is 3.76. The molecule has 1 rings (SSSR count). The van der Waals surface area contributed by atoms with Crippen LogP contribution in [0.4, 0.5) is 0 Å². The Morgan fingerprint density at radius 3 is 2.75 bits per heavy atom. The van der Waals surface area contributed by atoms with Crippen LogP contribution in [0.25, 0.3) is 0 Å². The lowest BCUT2D eigenvalue weighted by Crippen LogP contribution is -2.46. The fraction of sp³-hybridized carbons (Fsp3) is 1.00. The highest BCUT2D eigenvalue weighted by molar-refractivity contribution is 4.84. The highest BCUT2D eigenvalue weighted by Crippen LogP contribution is 2.22. The van der Waals surface area contributed by atoms with E-state index in [1.165, 1.54) is 25.7 Å². The van der Waals surface area contributed by atoms with Gasteiger partial charge in [-0.05, 0) is 53.0 Å². The first kappa shape index (κ1) is 13.9. The summed E-state index contributed by atoms with van der Waals surface area (Å²) in [5.41, 5.74) is -0.0920. The summed E-state index contributed by atoms with van der Waals surface area (Å²) in [6.07, 6.45) is 6.56. The van der Waals surface area contributed by atoms with Crippen LogP contribution in [0, 0.1) is 0 Å². The number of ether oxygens (including phenoxy) is 2. The molecule has 1 aliphatic rings. The number of methoxy groups -OCH3 is 1. The molecule has 3 nitrogen and oxygen atoms in total. The van der Waals surface area contributed by atoms with Gasteiger partial charge in [0.2, 0.25) is 0 Å². The van der Waals surface area contributed by atoms with Gasteiger partial charge in [0, 0.05) is 19.8 Å². The summed E-state index contributed by atoms with van der Waals surface area (Å²) in [7, 11) is 3.79. The molecule has 96 valence electrons. The molecule has 1 fully saturated rings. The molecule has 1 saturated heterocycles. The van der Waals surface area contributed by atoms with Gasteiger partial charge in [0.25, 0.3) is 0 Å². The van der Waals surface area contributed by atoms with E-state index >= 15 is 0 Å². The van der Waals surface area contributed by atoms with Crippen molar-refractivity contribution in [3.05, 3.63) is 0 Å². The van der Waals surface area contributed by atoms with Gasteiger partial charge in [-0.15, -0.1) is 0 Å². The van der Waals surface area contributed by atoms with E-state index in [-0.39, 0.29) is 5.60 Å². The lowest BCUT2D eigenvalue weighted by Gasteiger charge is -2.33. The van der Waals surface area contributed by atoms with Gasteiger partial charge in [-0.25, -0.2) is 0 Å². The Labute approximate surface area is 99.9 Å². The fourth-order valence-corrected chi connectivity index (χ4v) is 2.40. The molecule has 1 aliphatic heterocycles. The molecule has 0 aliphatic carbocycles. The van der Waals surface area contributed by atoms with E-state index in [2.05, 4.69) is 19.2 Å². The van der Waals surface area contributed by atoms with Gasteiger partial charge in [-0.3, -0.25) is 0 Å². The number of hydrogen-bond donors (Lipinski definition) is 1. The predicted molar refractivity (Wildman–Crippen MR) is 66.8 cm³/mol. The second kappa shape index (κ2) is 6.58. The summed E-state index contributed by atoms with van der Waals surface area (Å²) in [6.45, 7) is 5.24. The molecule has 0 bridgehead atoms. The summed E-state index contributed by atoms with van der Waals surface area (Å²) in [6, 6.07) is 0.416. The van der Waals surface area contributed by atoms with Gasteiger partial charge < -0.3 is 14.8 Å². The van der Waals surface area contributed by atoms with Gasteiger partial charge in [0.15, 0.2) is 0 Å². The second-order valence-electron chi connectivity index (χ2n) is 5.21. The predicted octanol–water partition coefficient (Wildman–Crippen LogP) is 2.35. The van der Waals surface area contributed by atoms with Crippen LogP contribution in [0.1, 0.15) is 46.0 Å². The maximum Gasteiger partial charge on any atom is 0.0774 e. The highest BCUT2D eigenvalue weighted by atomic mass is 16.5. The van der Waals surface area contributed by atoms with E-state index in [1.807, 2.05) is 7.05 Å². The molecule has 1 N–H and O–H groups in total. The van der Waals surface area contributed by atoms with E-state index in [0.29, 0.717) is 12.1 Å². The largest absolute Gasteiger partial charge is 0.378 e. The minimum absolute atomic E-state index is 0.0920. The molecule has 16 heavy (non-hydrogen) atoms. The van der Waals surface area contributed by atoms with Crippen molar-refractivity contribution in [1.82, 2.24) is 5.32 Å². The summed E-state index contributed by atoms with van der Waals surface area (Å²) in [5, 5.41) is 3.35. The van der Waals surface area contributed by atoms with Crippen molar-refractivity contribution in [2.24, 2.45) is 0 Å². The van der Waals surface area contributed by atoms with Crippen LogP contribution >= 0.6 is 0 Å². The number of likely N-dealkylation sites (N-methyl/N-ethyl adjacent to an activating group) is 1. The highest BCUT2D eigenvalue weighted by Gasteiger charge is 2.27. The topological polar surface area (TPSA) is 30.5 Å². The Balaban J connectivity index is 2.22. The van der Waals surface area contributed by atoms with Crippen molar-refractivity contribution >= 4 is 0 Å². The normalized spacial score (nSPS) is 23.6. The molecular formula is C13H27NO2. The van der Waals surface area contributed by atoms with E-state index in [1.54, 1.807) is 7.11 Å². The zero-order chi connectivity index (χ0) is 12.0. The number of hydrogen-bond acceptors (Lipinski definition) is 3. The van der Waals surface area contributed by atoms with Gasteiger partial charge in [-0.2, -0.15) is 0 Å². The molecule has 2 unspecified atom stereocenters. The molecule has 0 spiro atoms. The smallest absolute Gasteiger partial charge is 0.0774 e. The zero-order valence-corrected chi connectivity index (χ0v) is 11.2. The van der Waals surface area contributed by atoms with E-state index in [4.69, 9.17) is 9.47 Å². The average molecular weight is 229 g/mol. The first-order valence-corrected chi connectivity index (χ1v) is 6.44. The first-order valence-electron chi connectivity index (χ1n) is 6.44. The third kappa shape index (κ3) is 4.04. The summed E-state index contributed by atoms with van der Waals surface area (Å²) in [5.74, 6) is 0. The van der Waals surface area contributed by atoms with Crippen LogP contribution in [0.2, 0.25) is 0 Å². The van der Waals surface area contributed by atoms with E-state index in [0.717, 1.165) is 13.0 Å². The van der Waals surface area contributed by atoms with Gasteiger partial charge in [0.05, 0.1) is 11.7 Å². The molecule has 0 aromatic heterocycles. The molecule has 0 saturated carbocycles. The quantitative estimate of drug-likeness (QED) is 0.727. The van der Waals surface area contributed by atoms with Crippen molar-refractivity contribution in [2.45, 2.75) is 63.7 Å². The van der Waals surface area contributed by atoms with Crippen molar-refractivity contribution in [3.63, 3.8) is 0 Å². The van der Waals surface area contributed by atoms with Crippen molar-refractivity contribution in [3.8, 4) is 0 Å². The lowest BCUT2D eigenvalue weighted by molar-refractivity contribution is -0.0121. The zero-order valence-electron chi connectivity index (χ0n) is 11.2. The summed E-state index contributed by atoms with van der Waals surface area (Å²) < 4.78 is 11.1. The standard InChI is InChI=1S/C13H27NO2/c1-13(2,15-4)12(14-3)9-5-7-11-8-6-10-16-11/h11-12,14H,5-10H2,1-4H3. The Morgan fingerprint density at radius 2 is 2.25 bits per heavy atom. The van der Waals surface area contributed by atoms with Crippen LogP contribution < -0.4 is 5.32 Å². The molecule has 1 heterocycles. The SMILES string of the molecule is CNC(CCCC1CCCO1)C(C)(C)OC. The maximum atomic E-state index is 5.63. The maximum absolute atomic E-state index is 5.63. The number of rotatable bonds is 7. The molecule has 2 atom stereocenters. The Bertz CT molecular complexity index is 188. The monoisotopic (exact) mass is 229 g/mol. The minimum Gasteiger partial charge on any atom is -0.378 e. The lowest BCUT2D eigenvalue weighted by atomic mass is 9.93. The van der Waals surface area contributed by atoms with E-state index in [9.17, 15) is 0 Å². The number of nitrogens with one attached hydrogen (secondary N) is 1. The van der Waals surface area contributed by atoms with E-state index < -0.39 is 0 Å². The van der Waals surface area contributed by atoms with Crippen molar-refractivity contribution < 1.29 is 9.47 Å². The van der Waals surface area contributed by atoms with Crippen LogP contribution in [0.5, 0.6) is 0 Å². The summed E-state index contributed by atoms with van der Waals surface area (Å²) >= 11 is 0. The van der Waals surface area contributed by atoms with Crippen molar-refractivity contribution in [2.75, 3.05) is 20.8 Å². The fourth-order valence-electron chi connectivity index (χ4n) is 2.40. The molecule has 0 amide bonds. The van der Waals surface area contributed by atoms with Crippen LogP contribution in [0.15, 0.2) is 0 Å². The minimum atomic E-state index is -0.0920. The molecule has 3 heteroatoms. The van der Waals surface area contributed by atoms with Crippen LogP contribution in [-0.4, -0.2) is 38.5 Å². The average Bonchev–Trinajstić information content (AvgIpc) is 2.77. The molecule has 0 aromatic rings. The summed E-state index contributed by atoms with van der Waals surface area (Å²) in [4.78, 5) is 0. The third-order valence-electron chi connectivity index (χ3n) is 3.76. The van der Waals surface area contributed by atoms with Gasteiger partial charge >= 0.3 is 0 Å². The molecular weight excluding hydrogens is 202 g/mol. The second-order valence-corrected chi connectivity index (χ2v) is 5.21. The Kier molecular flexibility index (Phi) is 5.73. The van der Waals surface area contributed by atoms with Gasteiger partial charge in [-0.1, -0.05) is 0 Å².